The number of amides is 1. The summed E-state index contributed by atoms with van der Waals surface area (Å²) in [5, 5.41) is 2.86. The van der Waals surface area contributed by atoms with Crippen LogP contribution in [0.15, 0.2) is 24.3 Å². The van der Waals surface area contributed by atoms with Gasteiger partial charge in [0.2, 0.25) is 5.91 Å². The van der Waals surface area contributed by atoms with E-state index in [0.29, 0.717) is 17.9 Å². The summed E-state index contributed by atoms with van der Waals surface area (Å²) in [7, 11) is 1.59. The lowest BCUT2D eigenvalue weighted by molar-refractivity contribution is -0.119. The van der Waals surface area contributed by atoms with E-state index in [2.05, 4.69) is 5.32 Å². The van der Waals surface area contributed by atoms with E-state index >= 15 is 0 Å². The van der Waals surface area contributed by atoms with Crippen LogP contribution in [0.2, 0.25) is 0 Å². The van der Waals surface area contributed by atoms with Crippen LogP contribution in [0.25, 0.3) is 0 Å². The van der Waals surface area contributed by atoms with Gasteiger partial charge in [-0.05, 0) is 31.4 Å². The number of rotatable bonds is 4. The van der Waals surface area contributed by atoms with Gasteiger partial charge in [-0.3, -0.25) is 4.79 Å². The molecule has 2 rings (SSSR count). The minimum atomic E-state index is -0.0219. The van der Waals surface area contributed by atoms with E-state index in [9.17, 15) is 4.79 Å². The third-order valence-corrected chi connectivity index (χ3v) is 3.07. The number of nitrogens with one attached hydrogen (secondary N) is 1. The highest BCUT2D eigenvalue weighted by molar-refractivity contribution is 5.92. The van der Waals surface area contributed by atoms with Crippen LogP contribution >= 0.6 is 0 Å². The Kier molecular flexibility index (Phi) is 4.59. The lowest BCUT2D eigenvalue weighted by Gasteiger charge is -2.22. The molecule has 1 aliphatic heterocycles. The van der Waals surface area contributed by atoms with E-state index in [1.54, 1.807) is 7.11 Å². The molecule has 1 amide bonds. The van der Waals surface area contributed by atoms with Crippen molar-refractivity contribution in [1.82, 2.24) is 0 Å². The molecule has 4 nitrogen and oxygen atoms in total. The van der Waals surface area contributed by atoms with E-state index in [0.717, 1.165) is 25.9 Å². The zero-order valence-corrected chi connectivity index (χ0v) is 10.6. The highest BCUT2D eigenvalue weighted by Crippen LogP contribution is 2.24. The first kappa shape index (κ1) is 12.9. The molecular weight excluding hydrogens is 230 g/mol. The zero-order valence-electron chi connectivity index (χ0n) is 10.6. The number of carbonyl (C=O) groups is 1. The van der Waals surface area contributed by atoms with Gasteiger partial charge in [0, 0.05) is 6.61 Å². The molecule has 98 valence electrons. The number of para-hydroxylation sites is 2. The minimum Gasteiger partial charge on any atom is -0.495 e. The molecule has 0 bridgehead atoms. The Bertz CT molecular complexity index is 400. The molecule has 0 saturated carbocycles. The lowest BCUT2D eigenvalue weighted by atomic mass is 10.1. The maximum Gasteiger partial charge on any atom is 0.227 e. The molecule has 0 radical (unpaired) electrons. The first-order valence-electron chi connectivity index (χ1n) is 6.34. The molecule has 4 heteroatoms. The number of anilines is 1. The maximum atomic E-state index is 11.9. The van der Waals surface area contributed by atoms with Gasteiger partial charge >= 0.3 is 0 Å². The number of methoxy groups -OCH3 is 1. The standard InChI is InChI=1S/C14H19NO3/c1-17-13-8-3-2-7-12(13)15-14(16)10-11-6-4-5-9-18-11/h2-3,7-8,11H,4-6,9-10H2,1H3,(H,15,16). The van der Waals surface area contributed by atoms with Crippen LogP contribution in [0.5, 0.6) is 5.75 Å². The molecule has 1 aromatic rings. The van der Waals surface area contributed by atoms with Crippen molar-refractivity contribution in [3.05, 3.63) is 24.3 Å². The van der Waals surface area contributed by atoms with Gasteiger partial charge in [0.1, 0.15) is 5.75 Å². The molecule has 1 aliphatic rings. The van der Waals surface area contributed by atoms with Crippen LogP contribution in [0.3, 0.4) is 0 Å². The second-order valence-corrected chi connectivity index (χ2v) is 4.44. The van der Waals surface area contributed by atoms with Crippen molar-refractivity contribution >= 4 is 11.6 Å². The van der Waals surface area contributed by atoms with Crippen molar-refractivity contribution < 1.29 is 14.3 Å². The van der Waals surface area contributed by atoms with Gasteiger partial charge < -0.3 is 14.8 Å². The van der Waals surface area contributed by atoms with Crippen LogP contribution in [-0.2, 0) is 9.53 Å². The molecular formula is C14H19NO3. The quantitative estimate of drug-likeness (QED) is 0.892. The Hall–Kier alpha value is -1.55. The molecule has 0 aromatic heterocycles. The number of hydrogen-bond acceptors (Lipinski definition) is 3. The first-order chi connectivity index (χ1) is 8.79. The molecule has 1 atom stereocenters. The largest absolute Gasteiger partial charge is 0.495 e. The van der Waals surface area contributed by atoms with E-state index in [1.807, 2.05) is 24.3 Å². The van der Waals surface area contributed by atoms with Gasteiger partial charge in [0.05, 0.1) is 25.3 Å². The van der Waals surface area contributed by atoms with Crippen molar-refractivity contribution in [2.24, 2.45) is 0 Å². The van der Waals surface area contributed by atoms with Crippen molar-refractivity contribution in [3.63, 3.8) is 0 Å². The Morgan fingerprint density at radius 3 is 3.00 bits per heavy atom. The normalized spacial score (nSPS) is 19.3. The summed E-state index contributed by atoms with van der Waals surface area (Å²) < 4.78 is 10.7. The van der Waals surface area contributed by atoms with E-state index in [4.69, 9.17) is 9.47 Å². The molecule has 0 spiro atoms. The van der Waals surface area contributed by atoms with Crippen LogP contribution in [-0.4, -0.2) is 25.7 Å². The summed E-state index contributed by atoms with van der Waals surface area (Å²) in [5.41, 5.74) is 0.709. The van der Waals surface area contributed by atoms with E-state index in [1.165, 1.54) is 0 Å². The number of carbonyl (C=O) groups excluding carboxylic acids is 1. The topological polar surface area (TPSA) is 47.6 Å². The van der Waals surface area contributed by atoms with Crippen molar-refractivity contribution in [2.75, 3.05) is 19.0 Å². The Morgan fingerprint density at radius 2 is 2.28 bits per heavy atom. The van der Waals surface area contributed by atoms with E-state index in [-0.39, 0.29) is 12.0 Å². The van der Waals surface area contributed by atoms with E-state index < -0.39 is 0 Å². The monoisotopic (exact) mass is 249 g/mol. The second kappa shape index (κ2) is 6.40. The number of benzene rings is 1. The van der Waals surface area contributed by atoms with Gasteiger partial charge in [-0.2, -0.15) is 0 Å². The van der Waals surface area contributed by atoms with Crippen molar-refractivity contribution in [3.8, 4) is 5.75 Å². The fraction of sp³-hybridized carbons (Fsp3) is 0.500. The first-order valence-corrected chi connectivity index (χ1v) is 6.34. The van der Waals surface area contributed by atoms with Gasteiger partial charge in [0.15, 0.2) is 0 Å². The Morgan fingerprint density at radius 1 is 1.44 bits per heavy atom. The van der Waals surface area contributed by atoms with Crippen LogP contribution in [0.1, 0.15) is 25.7 Å². The highest BCUT2D eigenvalue weighted by atomic mass is 16.5. The summed E-state index contributed by atoms with van der Waals surface area (Å²) in [6.45, 7) is 0.770. The Labute approximate surface area is 107 Å². The highest BCUT2D eigenvalue weighted by Gasteiger charge is 2.18. The molecule has 1 heterocycles. The maximum absolute atomic E-state index is 11.9. The van der Waals surface area contributed by atoms with Gasteiger partial charge in [-0.25, -0.2) is 0 Å². The Balaban J connectivity index is 1.90. The van der Waals surface area contributed by atoms with Gasteiger partial charge in [0.25, 0.3) is 0 Å². The number of hydrogen-bond donors (Lipinski definition) is 1. The van der Waals surface area contributed by atoms with Crippen molar-refractivity contribution in [1.29, 1.82) is 0 Å². The van der Waals surface area contributed by atoms with Gasteiger partial charge in [-0.1, -0.05) is 12.1 Å². The molecule has 1 N–H and O–H groups in total. The van der Waals surface area contributed by atoms with Crippen LogP contribution < -0.4 is 10.1 Å². The molecule has 1 unspecified atom stereocenters. The summed E-state index contributed by atoms with van der Waals surface area (Å²) in [5.74, 6) is 0.654. The average molecular weight is 249 g/mol. The summed E-state index contributed by atoms with van der Waals surface area (Å²) in [4.78, 5) is 11.9. The van der Waals surface area contributed by atoms with Crippen LogP contribution in [0.4, 0.5) is 5.69 Å². The molecule has 18 heavy (non-hydrogen) atoms. The SMILES string of the molecule is COc1ccccc1NC(=O)CC1CCCCO1. The molecule has 0 aliphatic carbocycles. The average Bonchev–Trinajstić information content (AvgIpc) is 2.40. The summed E-state index contributed by atoms with van der Waals surface area (Å²) >= 11 is 0. The molecule has 1 aromatic carbocycles. The predicted molar refractivity (Wildman–Crippen MR) is 69.8 cm³/mol. The third kappa shape index (κ3) is 3.47. The molecule has 1 fully saturated rings. The fourth-order valence-electron chi connectivity index (χ4n) is 2.12. The predicted octanol–water partition coefficient (Wildman–Crippen LogP) is 2.59. The molecule has 1 saturated heterocycles. The third-order valence-electron chi connectivity index (χ3n) is 3.07. The van der Waals surface area contributed by atoms with Gasteiger partial charge in [-0.15, -0.1) is 0 Å². The fourth-order valence-corrected chi connectivity index (χ4v) is 2.12. The minimum absolute atomic E-state index is 0.0219. The summed E-state index contributed by atoms with van der Waals surface area (Å²) in [6.07, 6.45) is 3.70. The van der Waals surface area contributed by atoms with Crippen molar-refractivity contribution in [2.45, 2.75) is 31.8 Å². The van der Waals surface area contributed by atoms with Crippen LogP contribution in [0, 0.1) is 0 Å². The second-order valence-electron chi connectivity index (χ2n) is 4.44. The number of ether oxygens (including phenoxy) is 2. The smallest absolute Gasteiger partial charge is 0.227 e. The zero-order chi connectivity index (χ0) is 12.8. The summed E-state index contributed by atoms with van der Waals surface area (Å²) in [6, 6.07) is 7.40. The lowest BCUT2D eigenvalue weighted by Crippen LogP contribution is -2.25.